The molecule has 3 heteroatoms. The standard InChI is InChI=1S/C5H13O2P/c1-8(2,3)4-5(6)7/h8H,4H2,1-3H3,(H,6,7). The molecule has 0 saturated carbocycles. The Labute approximate surface area is 50.2 Å². The first-order valence-corrected chi connectivity index (χ1v) is 6.34. The average Bonchev–Trinajstić information content (AvgIpc) is 1.21. The monoisotopic (exact) mass is 136 g/mol. The first-order valence-electron chi connectivity index (χ1n) is 2.63. The summed E-state index contributed by atoms with van der Waals surface area (Å²) in [7, 11) is -1.32. The molecule has 50 valence electrons. The topological polar surface area (TPSA) is 37.3 Å². The Morgan fingerprint density at radius 3 is 1.88 bits per heavy atom. The van der Waals surface area contributed by atoms with Crippen molar-refractivity contribution >= 4 is 13.2 Å². The molecular weight excluding hydrogens is 123 g/mol. The zero-order chi connectivity index (χ0) is 6.78. The normalized spacial score (nSPS) is 13.4. The van der Waals surface area contributed by atoms with Crippen molar-refractivity contribution in [3.05, 3.63) is 0 Å². The van der Waals surface area contributed by atoms with Crippen molar-refractivity contribution in [2.45, 2.75) is 0 Å². The fraction of sp³-hybridized carbons (Fsp3) is 0.800. The van der Waals surface area contributed by atoms with Crippen LogP contribution in [0, 0.1) is 0 Å². The van der Waals surface area contributed by atoms with Gasteiger partial charge in [-0.2, -0.15) is 0 Å². The van der Waals surface area contributed by atoms with Crippen molar-refractivity contribution in [3.63, 3.8) is 0 Å². The Bertz CT molecular complexity index is 93.1. The number of hydrogen-bond donors (Lipinski definition) is 1. The number of aliphatic carboxylic acids is 1. The molecule has 0 aliphatic carbocycles. The summed E-state index contributed by atoms with van der Waals surface area (Å²) in [5.74, 6) is -0.663. The summed E-state index contributed by atoms with van der Waals surface area (Å²) in [5, 5.41) is 8.28. The summed E-state index contributed by atoms with van der Waals surface area (Å²) in [4.78, 5) is 10.0. The molecule has 0 atom stereocenters. The number of carboxylic acid groups (broad SMARTS) is 1. The van der Waals surface area contributed by atoms with Gasteiger partial charge in [-0.15, -0.1) is 0 Å². The number of carbonyl (C=O) groups is 1. The molecule has 0 radical (unpaired) electrons. The van der Waals surface area contributed by atoms with Crippen LogP contribution in [0.2, 0.25) is 0 Å². The fourth-order valence-electron chi connectivity index (χ4n) is 0.454. The molecule has 0 aromatic heterocycles. The second kappa shape index (κ2) is 2.45. The molecule has 0 aliphatic rings. The van der Waals surface area contributed by atoms with Gasteiger partial charge in [0.25, 0.3) is 0 Å². The molecule has 0 rings (SSSR count). The Morgan fingerprint density at radius 1 is 1.50 bits per heavy atom. The molecule has 0 unspecified atom stereocenters. The summed E-state index contributed by atoms with van der Waals surface area (Å²) in [5.41, 5.74) is 0. The van der Waals surface area contributed by atoms with E-state index in [1.165, 1.54) is 0 Å². The summed E-state index contributed by atoms with van der Waals surface area (Å²) in [6.07, 6.45) is 0.382. The van der Waals surface area contributed by atoms with Crippen LogP contribution in [-0.2, 0) is 4.79 Å². The molecule has 0 aliphatic heterocycles. The van der Waals surface area contributed by atoms with E-state index in [9.17, 15) is 4.79 Å². The average molecular weight is 136 g/mol. The van der Waals surface area contributed by atoms with E-state index < -0.39 is 13.2 Å². The second-order valence-electron chi connectivity index (χ2n) is 3.13. The van der Waals surface area contributed by atoms with Crippen molar-refractivity contribution in [1.29, 1.82) is 0 Å². The summed E-state index contributed by atoms with van der Waals surface area (Å²) in [6.45, 7) is 6.13. The van der Waals surface area contributed by atoms with Gasteiger partial charge in [0, 0.05) is 0 Å². The van der Waals surface area contributed by atoms with Gasteiger partial charge >= 0.3 is 49.3 Å². The predicted molar refractivity (Wildman–Crippen MR) is 38.6 cm³/mol. The molecule has 1 N–H and O–H groups in total. The summed E-state index contributed by atoms with van der Waals surface area (Å²) < 4.78 is 0. The van der Waals surface area contributed by atoms with Crippen molar-refractivity contribution in [1.82, 2.24) is 0 Å². The first-order chi connectivity index (χ1) is 3.42. The van der Waals surface area contributed by atoms with Gasteiger partial charge in [-0.3, -0.25) is 0 Å². The number of rotatable bonds is 2. The van der Waals surface area contributed by atoms with E-state index in [0.717, 1.165) is 0 Å². The van der Waals surface area contributed by atoms with E-state index >= 15 is 0 Å². The van der Waals surface area contributed by atoms with Crippen LogP contribution < -0.4 is 0 Å². The molecule has 0 spiro atoms. The molecule has 0 saturated heterocycles. The minimum absolute atomic E-state index is 0.382. The Morgan fingerprint density at radius 2 is 1.88 bits per heavy atom. The van der Waals surface area contributed by atoms with E-state index in [2.05, 4.69) is 0 Å². The van der Waals surface area contributed by atoms with E-state index in [1.807, 2.05) is 20.0 Å². The molecule has 0 aromatic carbocycles. The van der Waals surface area contributed by atoms with Crippen LogP contribution in [0.25, 0.3) is 0 Å². The number of carboxylic acids is 1. The van der Waals surface area contributed by atoms with Crippen LogP contribution in [-0.4, -0.2) is 37.2 Å². The molecule has 0 fully saturated rings. The van der Waals surface area contributed by atoms with Gasteiger partial charge in [0.05, 0.1) is 0 Å². The third-order valence-electron chi connectivity index (χ3n) is 0.682. The van der Waals surface area contributed by atoms with Crippen molar-refractivity contribution in [3.8, 4) is 0 Å². The van der Waals surface area contributed by atoms with Gasteiger partial charge in [-0.1, -0.05) is 0 Å². The van der Waals surface area contributed by atoms with Gasteiger partial charge in [-0.05, 0) is 0 Å². The van der Waals surface area contributed by atoms with Crippen LogP contribution in [0.4, 0.5) is 0 Å². The van der Waals surface area contributed by atoms with E-state index in [1.54, 1.807) is 0 Å². The fourth-order valence-corrected chi connectivity index (χ4v) is 1.36. The van der Waals surface area contributed by atoms with E-state index in [0.29, 0.717) is 6.16 Å². The van der Waals surface area contributed by atoms with Crippen LogP contribution in [0.1, 0.15) is 0 Å². The van der Waals surface area contributed by atoms with Crippen LogP contribution in [0.15, 0.2) is 0 Å². The Hall–Kier alpha value is -0.100. The SMILES string of the molecule is C[PH](C)(C)CC(=O)O. The molecule has 0 amide bonds. The Kier molecular flexibility index (Phi) is 2.42. The van der Waals surface area contributed by atoms with Gasteiger partial charge in [-0.25, -0.2) is 0 Å². The molecule has 0 heterocycles. The van der Waals surface area contributed by atoms with Crippen molar-refractivity contribution in [2.75, 3.05) is 26.2 Å². The zero-order valence-electron chi connectivity index (χ0n) is 5.56. The number of hydrogen-bond acceptors (Lipinski definition) is 1. The maximum atomic E-state index is 10.0. The predicted octanol–water partition coefficient (Wildman–Crippen LogP) is 0.710. The molecule has 0 aromatic rings. The molecular formula is C5H13O2P. The zero-order valence-corrected chi connectivity index (χ0v) is 6.56. The third-order valence-corrected chi connectivity index (χ3v) is 2.04. The van der Waals surface area contributed by atoms with E-state index in [4.69, 9.17) is 5.11 Å². The van der Waals surface area contributed by atoms with Gasteiger partial charge in [0.1, 0.15) is 0 Å². The van der Waals surface area contributed by atoms with Gasteiger partial charge in [0.15, 0.2) is 0 Å². The molecule has 2 nitrogen and oxygen atoms in total. The third kappa shape index (κ3) is 5.90. The van der Waals surface area contributed by atoms with Crippen LogP contribution in [0.3, 0.4) is 0 Å². The second-order valence-corrected chi connectivity index (χ2v) is 8.61. The van der Waals surface area contributed by atoms with Crippen LogP contribution in [0.5, 0.6) is 0 Å². The quantitative estimate of drug-likeness (QED) is 0.567. The summed E-state index contributed by atoms with van der Waals surface area (Å²) >= 11 is 0. The van der Waals surface area contributed by atoms with Crippen molar-refractivity contribution in [2.24, 2.45) is 0 Å². The van der Waals surface area contributed by atoms with Gasteiger partial charge < -0.3 is 0 Å². The van der Waals surface area contributed by atoms with Crippen LogP contribution >= 0.6 is 7.26 Å². The maximum absolute atomic E-state index is 10.0. The molecule has 8 heavy (non-hydrogen) atoms. The van der Waals surface area contributed by atoms with Crippen molar-refractivity contribution < 1.29 is 9.90 Å². The Balaban J connectivity index is 3.55. The minimum atomic E-state index is -1.32. The first kappa shape index (κ1) is 7.90. The van der Waals surface area contributed by atoms with Gasteiger partial charge in [0.2, 0.25) is 0 Å². The molecule has 0 bridgehead atoms. The summed E-state index contributed by atoms with van der Waals surface area (Å²) in [6, 6.07) is 0. The van der Waals surface area contributed by atoms with E-state index in [-0.39, 0.29) is 0 Å².